The maximum Gasteiger partial charge on any atom is 0.231 e. The predicted octanol–water partition coefficient (Wildman–Crippen LogP) is 4.29. The predicted molar refractivity (Wildman–Crippen MR) is 67.5 cm³/mol. The van der Waals surface area contributed by atoms with E-state index in [-0.39, 0.29) is 6.79 Å². The van der Waals surface area contributed by atoms with Gasteiger partial charge in [-0.25, -0.2) is 0 Å². The number of hydrogen-bond donors (Lipinski definition) is 0. The minimum atomic E-state index is 0.280. The lowest BCUT2D eigenvalue weighted by atomic mass is 10.1. The third-order valence-electron chi connectivity index (χ3n) is 1.94. The Morgan fingerprint density at radius 1 is 1.25 bits per heavy atom. The first-order chi connectivity index (χ1) is 7.56. The number of fused-ring (bicyclic) bond motifs is 1. The van der Waals surface area contributed by atoms with Crippen molar-refractivity contribution in [2.45, 2.75) is 34.1 Å². The van der Waals surface area contributed by atoms with Crippen molar-refractivity contribution in [1.82, 2.24) is 0 Å². The van der Waals surface area contributed by atoms with E-state index in [1.165, 1.54) is 0 Å². The van der Waals surface area contributed by atoms with Gasteiger partial charge >= 0.3 is 0 Å². The van der Waals surface area contributed by atoms with Crippen molar-refractivity contribution in [2.24, 2.45) is 5.92 Å². The molecule has 0 saturated carbocycles. The van der Waals surface area contributed by atoms with Crippen molar-refractivity contribution in [3.63, 3.8) is 0 Å². The van der Waals surface area contributed by atoms with E-state index in [2.05, 4.69) is 27.7 Å². The molecule has 0 aliphatic carbocycles. The molecule has 0 spiro atoms. The summed E-state index contributed by atoms with van der Waals surface area (Å²) in [6.45, 7) is 8.84. The zero-order valence-corrected chi connectivity index (χ0v) is 11.1. The van der Waals surface area contributed by atoms with Gasteiger partial charge in [-0.1, -0.05) is 45.4 Å². The molecule has 16 heavy (non-hydrogen) atoms. The van der Waals surface area contributed by atoms with Crippen LogP contribution in [0.25, 0.3) is 0 Å². The van der Waals surface area contributed by atoms with Gasteiger partial charge < -0.3 is 9.47 Å². The molecule has 2 rings (SSSR count). The molecule has 0 saturated heterocycles. The van der Waals surface area contributed by atoms with Crippen molar-refractivity contribution in [1.29, 1.82) is 0 Å². The van der Waals surface area contributed by atoms with E-state index in [9.17, 15) is 0 Å². The van der Waals surface area contributed by atoms with Crippen molar-refractivity contribution < 1.29 is 9.47 Å². The standard InChI is InChI=1S/C9H9ClO2.C4H10/c1-2-6-3-4-7-9(8(6)10)12-5-11-7;1-4(2)3/h3-4H,2,5H2,1H3;4H,1-3H3. The van der Waals surface area contributed by atoms with E-state index in [1.54, 1.807) is 0 Å². The lowest BCUT2D eigenvalue weighted by Gasteiger charge is -2.03. The van der Waals surface area contributed by atoms with Gasteiger partial charge in [-0.3, -0.25) is 0 Å². The summed E-state index contributed by atoms with van der Waals surface area (Å²) in [5.41, 5.74) is 1.10. The highest BCUT2D eigenvalue weighted by Crippen LogP contribution is 2.40. The molecular weight excluding hydrogens is 224 g/mol. The third-order valence-corrected chi connectivity index (χ3v) is 2.35. The van der Waals surface area contributed by atoms with Crippen LogP contribution < -0.4 is 9.47 Å². The number of rotatable bonds is 1. The van der Waals surface area contributed by atoms with Gasteiger partial charge in [0.15, 0.2) is 11.5 Å². The SMILES string of the molecule is CC(C)C.CCc1ccc2c(c1Cl)OCO2. The molecule has 1 aliphatic rings. The van der Waals surface area contributed by atoms with Crippen LogP contribution in [0, 0.1) is 5.92 Å². The van der Waals surface area contributed by atoms with Gasteiger partial charge in [-0.15, -0.1) is 0 Å². The summed E-state index contributed by atoms with van der Waals surface area (Å²) >= 11 is 6.05. The summed E-state index contributed by atoms with van der Waals surface area (Å²) in [6.07, 6.45) is 0.912. The van der Waals surface area contributed by atoms with Crippen LogP contribution in [0.15, 0.2) is 12.1 Å². The van der Waals surface area contributed by atoms with Gasteiger partial charge in [-0.05, 0) is 24.0 Å². The lowest BCUT2D eigenvalue weighted by Crippen LogP contribution is -1.93. The molecule has 0 N–H and O–H groups in total. The largest absolute Gasteiger partial charge is 0.454 e. The van der Waals surface area contributed by atoms with Crippen LogP contribution in [0.5, 0.6) is 11.5 Å². The Morgan fingerprint density at radius 2 is 1.88 bits per heavy atom. The van der Waals surface area contributed by atoms with Crippen molar-refractivity contribution in [3.8, 4) is 11.5 Å². The molecule has 1 heterocycles. The number of aryl methyl sites for hydroxylation is 1. The van der Waals surface area contributed by atoms with Crippen LogP contribution in [-0.4, -0.2) is 6.79 Å². The fourth-order valence-electron chi connectivity index (χ4n) is 1.25. The topological polar surface area (TPSA) is 18.5 Å². The van der Waals surface area contributed by atoms with Gasteiger partial charge in [0.05, 0.1) is 5.02 Å². The van der Waals surface area contributed by atoms with Crippen LogP contribution in [0.3, 0.4) is 0 Å². The summed E-state index contributed by atoms with van der Waals surface area (Å²) < 4.78 is 10.4. The molecule has 2 nitrogen and oxygen atoms in total. The van der Waals surface area contributed by atoms with E-state index in [0.717, 1.165) is 23.7 Å². The zero-order chi connectivity index (χ0) is 12.1. The van der Waals surface area contributed by atoms with E-state index >= 15 is 0 Å². The molecule has 0 amide bonds. The maximum atomic E-state index is 6.05. The molecular formula is C13H19ClO2. The first-order valence-electron chi connectivity index (χ1n) is 5.63. The Labute approximate surface area is 103 Å². The highest BCUT2D eigenvalue weighted by Gasteiger charge is 2.18. The Bertz CT molecular complexity index is 345. The van der Waals surface area contributed by atoms with Crippen molar-refractivity contribution in [3.05, 3.63) is 22.7 Å². The van der Waals surface area contributed by atoms with Crippen molar-refractivity contribution in [2.75, 3.05) is 6.79 Å². The Kier molecular flexibility index (Phi) is 4.94. The van der Waals surface area contributed by atoms with Crippen LogP contribution in [0.1, 0.15) is 33.3 Å². The lowest BCUT2D eigenvalue weighted by molar-refractivity contribution is 0.174. The zero-order valence-electron chi connectivity index (χ0n) is 10.3. The van der Waals surface area contributed by atoms with E-state index in [4.69, 9.17) is 21.1 Å². The third kappa shape index (κ3) is 3.31. The minimum Gasteiger partial charge on any atom is -0.454 e. The number of benzene rings is 1. The molecule has 1 aromatic rings. The molecule has 0 fully saturated rings. The summed E-state index contributed by atoms with van der Waals surface area (Å²) in [5, 5.41) is 0.688. The Morgan fingerprint density at radius 3 is 2.44 bits per heavy atom. The second-order valence-corrected chi connectivity index (χ2v) is 4.74. The second kappa shape index (κ2) is 6.00. The van der Waals surface area contributed by atoms with Crippen molar-refractivity contribution >= 4 is 11.6 Å². The van der Waals surface area contributed by atoms with Gasteiger partial charge in [-0.2, -0.15) is 0 Å². The Balaban J connectivity index is 0.000000280. The highest BCUT2D eigenvalue weighted by molar-refractivity contribution is 6.33. The summed E-state index contributed by atoms with van der Waals surface area (Å²) in [5.74, 6) is 2.27. The molecule has 1 aliphatic heterocycles. The van der Waals surface area contributed by atoms with Crippen LogP contribution >= 0.6 is 11.6 Å². The second-order valence-electron chi connectivity index (χ2n) is 4.36. The first-order valence-corrected chi connectivity index (χ1v) is 6.01. The van der Waals surface area contributed by atoms with E-state index < -0.39 is 0 Å². The number of halogens is 1. The summed E-state index contributed by atoms with van der Waals surface area (Å²) in [6, 6.07) is 3.86. The Hall–Kier alpha value is -0.890. The summed E-state index contributed by atoms with van der Waals surface area (Å²) in [7, 11) is 0. The fourth-order valence-corrected chi connectivity index (χ4v) is 1.60. The molecule has 0 bridgehead atoms. The van der Waals surface area contributed by atoms with Gasteiger partial charge in [0.2, 0.25) is 6.79 Å². The number of hydrogen-bond acceptors (Lipinski definition) is 2. The molecule has 0 atom stereocenters. The normalized spacial score (nSPS) is 12.4. The highest BCUT2D eigenvalue weighted by atomic mass is 35.5. The number of ether oxygens (including phenoxy) is 2. The smallest absolute Gasteiger partial charge is 0.231 e. The van der Waals surface area contributed by atoms with Crippen LogP contribution in [0.2, 0.25) is 5.02 Å². The molecule has 1 aromatic carbocycles. The molecule has 0 aromatic heterocycles. The fraction of sp³-hybridized carbons (Fsp3) is 0.538. The molecule has 90 valence electrons. The van der Waals surface area contributed by atoms with Gasteiger partial charge in [0.25, 0.3) is 0 Å². The monoisotopic (exact) mass is 242 g/mol. The quantitative estimate of drug-likeness (QED) is 0.731. The van der Waals surface area contributed by atoms with Gasteiger partial charge in [0.1, 0.15) is 0 Å². The summed E-state index contributed by atoms with van der Waals surface area (Å²) in [4.78, 5) is 0. The van der Waals surface area contributed by atoms with E-state index in [1.807, 2.05) is 12.1 Å². The van der Waals surface area contributed by atoms with E-state index in [0.29, 0.717) is 10.8 Å². The maximum absolute atomic E-state index is 6.05. The minimum absolute atomic E-state index is 0.280. The average Bonchev–Trinajstić information content (AvgIpc) is 2.66. The molecule has 3 heteroatoms. The van der Waals surface area contributed by atoms with Gasteiger partial charge in [0, 0.05) is 0 Å². The van der Waals surface area contributed by atoms with Crippen LogP contribution in [-0.2, 0) is 6.42 Å². The molecule has 0 unspecified atom stereocenters. The first kappa shape index (κ1) is 13.2. The van der Waals surface area contributed by atoms with Crippen LogP contribution in [0.4, 0.5) is 0 Å². The molecule has 0 radical (unpaired) electrons. The average molecular weight is 243 g/mol.